The summed E-state index contributed by atoms with van der Waals surface area (Å²) in [5.74, 6) is -0.788. The van der Waals surface area contributed by atoms with E-state index in [1.54, 1.807) is 27.7 Å². The second kappa shape index (κ2) is 5.98. The van der Waals surface area contributed by atoms with Crippen LogP contribution in [0.15, 0.2) is 5.10 Å². The van der Waals surface area contributed by atoms with Crippen LogP contribution in [0, 0.1) is 0 Å². The van der Waals surface area contributed by atoms with Crippen LogP contribution < -0.4 is 0 Å². The van der Waals surface area contributed by atoms with Gasteiger partial charge in [0.2, 0.25) is 0 Å². The molecule has 1 unspecified atom stereocenters. The van der Waals surface area contributed by atoms with Crippen molar-refractivity contribution in [3.8, 4) is 0 Å². The van der Waals surface area contributed by atoms with Gasteiger partial charge in [-0.3, -0.25) is 0 Å². The third-order valence-electron chi connectivity index (χ3n) is 2.28. The molecule has 0 bridgehead atoms. The van der Waals surface area contributed by atoms with Gasteiger partial charge in [-0.15, -0.1) is 5.01 Å². The average Bonchev–Trinajstić information content (AvgIpc) is 2.64. The van der Waals surface area contributed by atoms with E-state index in [4.69, 9.17) is 14.2 Å². The van der Waals surface area contributed by atoms with Crippen LogP contribution in [0.1, 0.15) is 34.6 Å². The maximum atomic E-state index is 12.0. The first kappa shape index (κ1) is 16.1. The third-order valence-corrected chi connectivity index (χ3v) is 2.28. The second-order valence-electron chi connectivity index (χ2n) is 4.85. The number of rotatable bonds is 3. The van der Waals surface area contributed by atoms with Crippen molar-refractivity contribution in [2.75, 3.05) is 7.11 Å². The van der Waals surface area contributed by atoms with Gasteiger partial charge in [0.25, 0.3) is 0 Å². The number of ether oxygens (including phenoxy) is 4. The van der Waals surface area contributed by atoms with Crippen LogP contribution >= 0.6 is 0 Å². The highest BCUT2D eigenvalue weighted by atomic mass is 16.7. The summed E-state index contributed by atoms with van der Waals surface area (Å²) >= 11 is 0. The van der Waals surface area contributed by atoms with E-state index in [-0.39, 0.29) is 18.3 Å². The minimum Gasteiger partial charge on any atom is -0.465 e. The molecule has 0 aromatic carbocycles. The Morgan fingerprint density at radius 1 is 1.25 bits per heavy atom. The normalized spacial score (nSPS) is 21.6. The molecule has 1 aliphatic heterocycles. The number of carbonyl (C=O) groups excluding carboxylic acids is 2. The predicted octanol–water partition coefficient (Wildman–Crippen LogP) is 1.45. The van der Waals surface area contributed by atoms with Crippen LogP contribution in [0.2, 0.25) is 0 Å². The summed E-state index contributed by atoms with van der Waals surface area (Å²) in [6.45, 7) is 8.23. The van der Waals surface area contributed by atoms with Crippen LogP contribution in [0.25, 0.3) is 0 Å². The summed E-state index contributed by atoms with van der Waals surface area (Å²) in [7, 11) is 1.18. The Hall–Kier alpha value is -1.99. The van der Waals surface area contributed by atoms with Crippen molar-refractivity contribution < 1.29 is 28.5 Å². The number of nitrogens with zero attached hydrogens (tertiary/aromatic N) is 2. The Labute approximate surface area is 117 Å². The fourth-order valence-electron chi connectivity index (χ4n) is 1.44. The Kier molecular flexibility index (Phi) is 4.80. The van der Waals surface area contributed by atoms with E-state index in [2.05, 4.69) is 9.84 Å². The van der Waals surface area contributed by atoms with Crippen molar-refractivity contribution >= 4 is 18.1 Å². The fourth-order valence-corrected chi connectivity index (χ4v) is 1.44. The average molecular weight is 288 g/mol. The van der Waals surface area contributed by atoms with E-state index >= 15 is 0 Å². The molecular weight excluding hydrogens is 268 g/mol. The minimum atomic E-state index is -1.75. The molecule has 1 amide bonds. The molecule has 0 saturated carbocycles. The van der Waals surface area contributed by atoms with E-state index in [1.165, 1.54) is 14.0 Å². The van der Waals surface area contributed by atoms with Crippen molar-refractivity contribution in [3.63, 3.8) is 0 Å². The number of carbonyl (C=O) groups is 2. The highest BCUT2D eigenvalue weighted by molar-refractivity contribution is 5.89. The number of methoxy groups -OCH3 is 1. The lowest BCUT2D eigenvalue weighted by atomic mass is 10.2. The lowest BCUT2D eigenvalue weighted by molar-refractivity contribution is -0.172. The summed E-state index contributed by atoms with van der Waals surface area (Å²) in [5, 5.41) is 4.61. The molecule has 8 nitrogen and oxygen atoms in total. The van der Waals surface area contributed by atoms with Crippen LogP contribution in [-0.4, -0.2) is 48.2 Å². The summed E-state index contributed by atoms with van der Waals surface area (Å²) in [6, 6.07) is 0. The molecule has 1 aliphatic rings. The minimum absolute atomic E-state index is 0.186. The van der Waals surface area contributed by atoms with Crippen molar-refractivity contribution in [2.45, 2.75) is 52.6 Å². The van der Waals surface area contributed by atoms with Crippen LogP contribution in [0.3, 0.4) is 0 Å². The highest BCUT2D eigenvalue weighted by Gasteiger charge is 2.54. The Bertz CT molecular complexity index is 420. The molecule has 20 heavy (non-hydrogen) atoms. The maximum absolute atomic E-state index is 12.0. The van der Waals surface area contributed by atoms with Gasteiger partial charge in [0.15, 0.2) is 0 Å². The van der Waals surface area contributed by atoms with Gasteiger partial charge in [-0.1, -0.05) is 5.10 Å². The van der Waals surface area contributed by atoms with Gasteiger partial charge in [0.1, 0.15) is 0 Å². The summed E-state index contributed by atoms with van der Waals surface area (Å²) in [6.07, 6.45) is -1.60. The lowest BCUT2D eigenvalue weighted by Gasteiger charge is -2.27. The zero-order valence-corrected chi connectivity index (χ0v) is 12.5. The second-order valence-corrected chi connectivity index (χ2v) is 4.85. The van der Waals surface area contributed by atoms with Gasteiger partial charge in [-0.2, -0.15) is 0 Å². The first-order valence-corrected chi connectivity index (χ1v) is 6.24. The van der Waals surface area contributed by atoms with Gasteiger partial charge in [-0.25, -0.2) is 9.59 Å². The monoisotopic (exact) mass is 288 g/mol. The fraction of sp³-hybridized carbons (Fsp3) is 0.750. The van der Waals surface area contributed by atoms with Crippen molar-refractivity contribution in [3.05, 3.63) is 0 Å². The van der Waals surface area contributed by atoms with Crippen molar-refractivity contribution in [1.82, 2.24) is 5.01 Å². The number of hydrogen-bond acceptors (Lipinski definition) is 7. The number of esters is 1. The molecule has 0 fully saturated rings. The molecule has 0 saturated heterocycles. The molecule has 0 radical (unpaired) electrons. The Morgan fingerprint density at radius 2 is 1.85 bits per heavy atom. The van der Waals surface area contributed by atoms with Gasteiger partial charge >= 0.3 is 23.9 Å². The van der Waals surface area contributed by atoms with Crippen molar-refractivity contribution in [1.29, 1.82) is 0 Å². The molecule has 114 valence electrons. The molecule has 0 aromatic heterocycles. The van der Waals surface area contributed by atoms with E-state index in [0.717, 1.165) is 5.01 Å². The number of amides is 1. The van der Waals surface area contributed by atoms with Gasteiger partial charge < -0.3 is 18.9 Å². The summed E-state index contributed by atoms with van der Waals surface area (Å²) < 4.78 is 20.2. The SMILES string of the molecule is COC(=O)C1(C)OC(OC(C)C)=NN1C(=O)OC(C)C. The molecule has 0 aliphatic carbocycles. The zero-order chi connectivity index (χ0) is 15.5. The van der Waals surface area contributed by atoms with Gasteiger partial charge in [0, 0.05) is 6.92 Å². The molecule has 1 heterocycles. The van der Waals surface area contributed by atoms with Crippen LogP contribution in [-0.2, 0) is 23.7 Å². The Morgan fingerprint density at radius 3 is 2.30 bits per heavy atom. The first-order valence-electron chi connectivity index (χ1n) is 6.24. The predicted molar refractivity (Wildman–Crippen MR) is 68.6 cm³/mol. The number of hydrogen-bond donors (Lipinski definition) is 0. The quantitative estimate of drug-likeness (QED) is 0.730. The number of hydrazone groups is 1. The largest absolute Gasteiger partial charge is 0.465 e. The standard InChI is InChI=1S/C12H20N2O6/c1-7(2)18-10-13-14(11(16)19-8(3)4)12(5,20-10)9(15)17-6/h7-8H,1-6H3. The molecule has 1 atom stereocenters. The smallest absolute Gasteiger partial charge is 0.434 e. The van der Waals surface area contributed by atoms with Crippen LogP contribution in [0.4, 0.5) is 4.79 Å². The maximum Gasteiger partial charge on any atom is 0.434 e. The van der Waals surface area contributed by atoms with E-state index in [0.29, 0.717) is 0 Å². The molecule has 0 N–H and O–H groups in total. The molecule has 8 heteroatoms. The van der Waals surface area contributed by atoms with Gasteiger partial charge in [-0.05, 0) is 27.7 Å². The van der Waals surface area contributed by atoms with Crippen LogP contribution in [0.5, 0.6) is 0 Å². The van der Waals surface area contributed by atoms with E-state index in [9.17, 15) is 9.59 Å². The van der Waals surface area contributed by atoms with Gasteiger partial charge in [0.05, 0.1) is 19.3 Å². The third kappa shape index (κ3) is 3.31. The molecule has 1 rings (SSSR count). The summed E-state index contributed by atoms with van der Waals surface area (Å²) in [4.78, 5) is 23.8. The lowest BCUT2D eigenvalue weighted by Crippen LogP contribution is -2.52. The summed E-state index contributed by atoms with van der Waals surface area (Å²) in [5.41, 5.74) is -1.75. The van der Waals surface area contributed by atoms with Crippen molar-refractivity contribution in [2.24, 2.45) is 5.10 Å². The molecule has 0 spiro atoms. The van der Waals surface area contributed by atoms with E-state index < -0.39 is 17.8 Å². The van der Waals surface area contributed by atoms with E-state index in [1.807, 2.05) is 0 Å². The zero-order valence-electron chi connectivity index (χ0n) is 12.5. The first-order chi connectivity index (χ1) is 9.20. The molecular formula is C12H20N2O6. The Balaban J connectivity index is 3.00. The molecule has 0 aromatic rings. The highest BCUT2D eigenvalue weighted by Crippen LogP contribution is 2.28. The topological polar surface area (TPSA) is 86.7 Å².